The van der Waals surface area contributed by atoms with Crippen molar-refractivity contribution in [3.8, 4) is 0 Å². The number of thioether (sulfide) groups is 1. The lowest BCUT2D eigenvalue weighted by molar-refractivity contribution is 0.636. The summed E-state index contributed by atoms with van der Waals surface area (Å²) in [6, 6.07) is 8.77. The summed E-state index contributed by atoms with van der Waals surface area (Å²) in [5, 5.41) is 3.48. The molecule has 1 nitrogen and oxygen atoms in total. The number of hydrogen-bond acceptors (Lipinski definition) is 2. The molecule has 1 rings (SSSR count). The van der Waals surface area contributed by atoms with Crippen LogP contribution in [0.25, 0.3) is 0 Å². The van der Waals surface area contributed by atoms with Crippen molar-refractivity contribution in [2.75, 3.05) is 18.8 Å². The highest BCUT2D eigenvalue weighted by molar-refractivity contribution is 7.99. The van der Waals surface area contributed by atoms with Crippen LogP contribution >= 0.6 is 11.8 Å². The fraction of sp³-hybridized carbons (Fsp3) is 0.571. The van der Waals surface area contributed by atoms with Crippen LogP contribution in [0.3, 0.4) is 0 Å². The van der Waals surface area contributed by atoms with Crippen LogP contribution in [-0.2, 0) is 0 Å². The van der Waals surface area contributed by atoms with Crippen molar-refractivity contribution >= 4 is 11.8 Å². The van der Waals surface area contributed by atoms with Gasteiger partial charge in [-0.3, -0.25) is 0 Å². The minimum absolute atomic E-state index is 1.11. The van der Waals surface area contributed by atoms with E-state index in [1.165, 1.54) is 36.3 Å². The number of hydrogen-bond donors (Lipinski definition) is 1. The van der Waals surface area contributed by atoms with E-state index in [0.717, 1.165) is 12.3 Å². The summed E-state index contributed by atoms with van der Waals surface area (Å²) in [5.41, 5.74) is 1.34. The van der Waals surface area contributed by atoms with E-state index in [1.54, 1.807) is 0 Å². The van der Waals surface area contributed by atoms with E-state index >= 15 is 0 Å². The van der Waals surface area contributed by atoms with Crippen molar-refractivity contribution in [3.05, 3.63) is 29.8 Å². The van der Waals surface area contributed by atoms with Crippen molar-refractivity contribution in [1.29, 1.82) is 0 Å². The van der Waals surface area contributed by atoms with E-state index in [4.69, 9.17) is 0 Å². The third kappa shape index (κ3) is 6.19. The van der Waals surface area contributed by atoms with Gasteiger partial charge in [-0.2, -0.15) is 0 Å². The molecule has 0 aromatic heterocycles. The topological polar surface area (TPSA) is 12.0 Å². The second kappa shape index (κ2) is 8.66. The Balaban J connectivity index is 2.01. The zero-order chi connectivity index (χ0) is 11.6. The third-order valence-corrected chi connectivity index (χ3v) is 3.54. The van der Waals surface area contributed by atoms with Crippen molar-refractivity contribution in [1.82, 2.24) is 5.32 Å². The molecule has 0 aliphatic rings. The number of rotatable bonds is 8. The molecule has 0 spiro atoms. The second-order valence-corrected chi connectivity index (χ2v) is 5.29. The smallest absolute Gasteiger partial charge is 0.0106 e. The van der Waals surface area contributed by atoms with Gasteiger partial charge in [0, 0.05) is 17.2 Å². The summed E-state index contributed by atoms with van der Waals surface area (Å²) in [7, 11) is 0. The van der Waals surface area contributed by atoms with Gasteiger partial charge < -0.3 is 5.32 Å². The Labute approximate surface area is 104 Å². The first-order chi connectivity index (χ1) is 7.83. The van der Waals surface area contributed by atoms with E-state index in [2.05, 4.69) is 43.4 Å². The molecule has 1 N–H and O–H groups in total. The first kappa shape index (κ1) is 13.6. The molecule has 0 saturated carbocycles. The van der Waals surface area contributed by atoms with Crippen molar-refractivity contribution in [3.63, 3.8) is 0 Å². The number of aryl methyl sites for hydroxylation is 1. The Kier molecular flexibility index (Phi) is 7.35. The molecule has 0 aliphatic carbocycles. The number of benzene rings is 1. The average Bonchev–Trinajstić information content (AvgIpc) is 2.30. The van der Waals surface area contributed by atoms with Crippen LogP contribution in [0.4, 0.5) is 0 Å². The van der Waals surface area contributed by atoms with Crippen molar-refractivity contribution in [2.24, 2.45) is 0 Å². The Morgan fingerprint density at radius 1 is 1.06 bits per heavy atom. The highest BCUT2D eigenvalue weighted by atomic mass is 32.2. The van der Waals surface area contributed by atoms with Gasteiger partial charge in [0.15, 0.2) is 0 Å². The predicted octanol–water partition coefficient (Wildman–Crippen LogP) is 3.87. The van der Waals surface area contributed by atoms with E-state index in [9.17, 15) is 0 Å². The minimum atomic E-state index is 1.11. The van der Waals surface area contributed by atoms with Gasteiger partial charge in [0.2, 0.25) is 0 Å². The highest BCUT2D eigenvalue weighted by Crippen LogP contribution is 2.17. The Hall–Kier alpha value is -0.470. The normalized spacial score (nSPS) is 10.6. The van der Waals surface area contributed by atoms with Gasteiger partial charge >= 0.3 is 0 Å². The van der Waals surface area contributed by atoms with E-state index in [0.29, 0.717) is 0 Å². The standard InChI is InChI=1S/C14H23NS/c1-3-4-5-10-15-11-12-16-14-8-6-13(2)7-9-14/h6-9,15H,3-5,10-12H2,1-2H3. The molecule has 0 aliphatic heterocycles. The number of unbranched alkanes of at least 4 members (excludes halogenated alkanes) is 2. The predicted molar refractivity (Wildman–Crippen MR) is 74.3 cm³/mol. The van der Waals surface area contributed by atoms with Crippen LogP contribution in [0, 0.1) is 6.92 Å². The molecule has 0 bridgehead atoms. The van der Waals surface area contributed by atoms with Gasteiger partial charge in [0.1, 0.15) is 0 Å². The Bertz CT molecular complexity index is 269. The molecule has 0 fully saturated rings. The molecule has 1 aromatic rings. The van der Waals surface area contributed by atoms with Crippen LogP contribution < -0.4 is 5.32 Å². The number of nitrogens with one attached hydrogen (secondary N) is 1. The largest absolute Gasteiger partial charge is 0.316 e. The first-order valence-electron chi connectivity index (χ1n) is 6.23. The lowest BCUT2D eigenvalue weighted by atomic mass is 10.2. The molecular weight excluding hydrogens is 214 g/mol. The quantitative estimate of drug-likeness (QED) is 0.544. The summed E-state index contributed by atoms with van der Waals surface area (Å²) >= 11 is 1.93. The van der Waals surface area contributed by atoms with Crippen LogP contribution in [0.2, 0.25) is 0 Å². The molecular formula is C14H23NS. The van der Waals surface area contributed by atoms with E-state index < -0.39 is 0 Å². The third-order valence-electron chi connectivity index (χ3n) is 2.53. The van der Waals surface area contributed by atoms with Crippen LogP contribution in [0.1, 0.15) is 31.7 Å². The molecule has 90 valence electrons. The van der Waals surface area contributed by atoms with E-state index in [-0.39, 0.29) is 0 Å². The van der Waals surface area contributed by atoms with Gasteiger partial charge in [-0.05, 0) is 32.0 Å². The Morgan fingerprint density at radius 2 is 1.81 bits per heavy atom. The maximum atomic E-state index is 3.48. The monoisotopic (exact) mass is 237 g/mol. The molecule has 2 heteroatoms. The molecule has 1 aromatic carbocycles. The van der Waals surface area contributed by atoms with Gasteiger partial charge in [-0.1, -0.05) is 37.5 Å². The summed E-state index contributed by atoms with van der Waals surface area (Å²) in [5.74, 6) is 1.16. The maximum absolute atomic E-state index is 3.48. The fourth-order valence-corrected chi connectivity index (χ4v) is 2.31. The lowest BCUT2D eigenvalue weighted by Crippen LogP contribution is -2.18. The Morgan fingerprint density at radius 3 is 2.50 bits per heavy atom. The lowest BCUT2D eigenvalue weighted by Gasteiger charge is -2.04. The average molecular weight is 237 g/mol. The van der Waals surface area contributed by atoms with Crippen LogP contribution in [0.15, 0.2) is 29.2 Å². The molecule has 16 heavy (non-hydrogen) atoms. The zero-order valence-electron chi connectivity index (χ0n) is 10.5. The first-order valence-corrected chi connectivity index (χ1v) is 7.21. The van der Waals surface area contributed by atoms with Gasteiger partial charge in [-0.15, -0.1) is 11.8 Å². The molecule has 0 unspecified atom stereocenters. The van der Waals surface area contributed by atoms with Crippen molar-refractivity contribution < 1.29 is 0 Å². The van der Waals surface area contributed by atoms with Gasteiger partial charge in [0.25, 0.3) is 0 Å². The second-order valence-electron chi connectivity index (χ2n) is 4.12. The van der Waals surface area contributed by atoms with Crippen LogP contribution in [0.5, 0.6) is 0 Å². The van der Waals surface area contributed by atoms with E-state index in [1.807, 2.05) is 11.8 Å². The highest BCUT2D eigenvalue weighted by Gasteiger charge is 1.93. The van der Waals surface area contributed by atoms with Gasteiger partial charge in [0.05, 0.1) is 0 Å². The SMILES string of the molecule is CCCCCNCCSc1ccc(C)cc1. The molecule has 0 saturated heterocycles. The summed E-state index contributed by atoms with van der Waals surface area (Å²) in [6.07, 6.45) is 3.96. The minimum Gasteiger partial charge on any atom is -0.316 e. The molecule has 0 atom stereocenters. The summed E-state index contributed by atoms with van der Waals surface area (Å²) in [6.45, 7) is 6.65. The maximum Gasteiger partial charge on any atom is 0.0106 e. The van der Waals surface area contributed by atoms with Crippen molar-refractivity contribution in [2.45, 2.75) is 38.0 Å². The zero-order valence-corrected chi connectivity index (χ0v) is 11.3. The molecule has 0 heterocycles. The summed E-state index contributed by atoms with van der Waals surface area (Å²) in [4.78, 5) is 1.38. The van der Waals surface area contributed by atoms with Crippen LogP contribution in [-0.4, -0.2) is 18.8 Å². The molecule has 0 amide bonds. The molecule has 0 radical (unpaired) electrons. The fourth-order valence-electron chi connectivity index (χ4n) is 1.50. The van der Waals surface area contributed by atoms with Gasteiger partial charge in [-0.25, -0.2) is 0 Å². The summed E-state index contributed by atoms with van der Waals surface area (Å²) < 4.78 is 0.